The van der Waals surface area contributed by atoms with Gasteiger partial charge in [0, 0.05) is 13.0 Å². The second-order valence-corrected chi connectivity index (χ2v) is 3.34. The second kappa shape index (κ2) is 2.48. The number of aromatic nitrogens is 2. The van der Waals surface area contributed by atoms with Crippen LogP contribution in [0.1, 0.15) is 35.1 Å². The lowest BCUT2D eigenvalue weighted by atomic mass is 10.4. The molecule has 0 saturated heterocycles. The average molecular weight is 181 g/mol. The molecule has 0 atom stereocenters. The van der Waals surface area contributed by atoms with Crippen molar-refractivity contribution < 1.29 is 9.90 Å². The van der Waals surface area contributed by atoms with Gasteiger partial charge in [-0.05, 0) is 12.8 Å². The van der Waals surface area contributed by atoms with Crippen LogP contribution in [0.3, 0.4) is 0 Å². The molecule has 1 fully saturated rings. The van der Waals surface area contributed by atoms with Crippen LogP contribution < -0.4 is 5.73 Å². The fourth-order valence-electron chi connectivity index (χ4n) is 1.50. The highest BCUT2D eigenvalue weighted by atomic mass is 16.4. The van der Waals surface area contributed by atoms with Crippen LogP contribution in [0.4, 0.5) is 5.82 Å². The molecule has 70 valence electrons. The van der Waals surface area contributed by atoms with Crippen LogP contribution in [-0.2, 0) is 7.05 Å². The summed E-state index contributed by atoms with van der Waals surface area (Å²) in [6.07, 6.45) is 2.17. The van der Waals surface area contributed by atoms with E-state index < -0.39 is 5.97 Å². The molecular weight excluding hydrogens is 170 g/mol. The van der Waals surface area contributed by atoms with Gasteiger partial charge in [-0.25, -0.2) is 9.78 Å². The van der Waals surface area contributed by atoms with Crippen molar-refractivity contribution in [1.29, 1.82) is 0 Å². The number of carboxylic acids is 1. The van der Waals surface area contributed by atoms with E-state index in [1.54, 1.807) is 11.6 Å². The minimum absolute atomic E-state index is 0.0990. The molecule has 1 aromatic heterocycles. The van der Waals surface area contributed by atoms with Crippen LogP contribution >= 0.6 is 0 Å². The van der Waals surface area contributed by atoms with E-state index in [1.165, 1.54) is 0 Å². The first kappa shape index (κ1) is 8.10. The van der Waals surface area contributed by atoms with E-state index in [1.807, 2.05) is 0 Å². The summed E-state index contributed by atoms with van der Waals surface area (Å²) < 4.78 is 1.58. The molecule has 1 aliphatic rings. The normalized spacial score (nSPS) is 16.1. The lowest BCUT2D eigenvalue weighted by molar-refractivity contribution is 0.0687. The molecule has 2 rings (SSSR count). The van der Waals surface area contributed by atoms with E-state index in [4.69, 9.17) is 10.8 Å². The number of nitrogens with two attached hydrogens (primary N) is 1. The van der Waals surface area contributed by atoms with Crippen molar-refractivity contribution >= 4 is 11.8 Å². The van der Waals surface area contributed by atoms with Gasteiger partial charge in [-0.15, -0.1) is 0 Å². The summed E-state index contributed by atoms with van der Waals surface area (Å²) >= 11 is 0. The van der Waals surface area contributed by atoms with Crippen LogP contribution in [0.15, 0.2) is 0 Å². The summed E-state index contributed by atoms with van der Waals surface area (Å²) in [6.45, 7) is 0. The number of nitrogen functional groups attached to an aromatic ring is 1. The minimum Gasteiger partial charge on any atom is -0.476 e. The zero-order valence-electron chi connectivity index (χ0n) is 7.32. The number of carboxylic acid groups (broad SMARTS) is 1. The third-order valence-corrected chi connectivity index (χ3v) is 2.30. The zero-order chi connectivity index (χ0) is 9.59. The molecule has 0 unspecified atom stereocenters. The van der Waals surface area contributed by atoms with Crippen molar-refractivity contribution in [1.82, 2.24) is 9.55 Å². The van der Waals surface area contributed by atoms with Gasteiger partial charge in [0.15, 0.2) is 11.5 Å². The number of imidazole rings is 1. The van der Waals surface area contributed by atoms with Crippen LogP contribution in [0.2, 0.25) is 0 Å². The van der Waals surface area contributed by atoms with Gasteiger partial charge in [-0.2, -0.15) is 0 Å². The van der Waals surface area contributed by atoms with Gasteiger partial charge in [-0.3, -0.25) is 0 Å². The van der Waals surface area contributed by atoms with Crippen LogP contribution in [0.25, 0.3) is 0 Å². The number of carbonyl (C=O) groups is 1. The van der Waals surface area contributed by atoms with Gasteiger partial charge in [-0.1, -0.05) is 0 Å². The Balaban J connectivity index is 2.50. The molecule has 5 nitrogen and oxygen atoms in total. The maximum absolute atomic E-state index is 10.8. The number of hydrogen-bond donors (Lipinski definition) is 2. The van der Waals surface area contributed by atoms with Crippen molar-refractivity contribution in [3.05, 3.63) is 11.5 Å². The van der Waals surface area contributed by atoms with Gasteiger partial charge < -0.3 is 15.4 Å². The van der Waals surface area contributed by atoms with Crippen molar-refractivity contribution in [3.8, 4) is 0 Å². The second-order valence-electron chi connectivity index (χ2n) is 3.34. The molecule has 3 N–H and O–H groups in total. The number of anilines is 1. The molecule has 0 bridgehead atoms. The van der Waals surface area contributed by atoms with E-state index in [0.717, 1.165) is 18.7 Å². The highest BCUT2D eigenvalue weighted by Gasteiger charge is 2.31. The smallest absolute Gasteiger partial charge is 0.356 e. The third-order valence-electron chi connectivity index (χ3n) is 2.30. The van der Waals surface area contributed by atoms with Crippen LogP contribution in [-0.4, -0.2) is 20.6 Å². The maximum atomic E-state index is 10.8. The Morgan fingerprint density at radius 1 is 1.69 bits per heavy atom. The molecule has 1 aromatic rings. The molecule has 1 saturated carbocycles. The summed E-state index contributed by atoms with van der Waals surface area (Å²) in [4.78, 5) is 14.8. The summed E-state index contributed by atoms with van der Waals surface area (Å²) in [5.74, 6) is 0.326. The van der Waals surface area contributed by atoms with E-state index >= 15 is 0 Å². The lowest BCUT2D eigenvalue weighted by Gasteiger charge is -1.99. The highest BCUT2D eigenvalue weighted by Crippen LogP contribution is 2.40. The third kappa shape index (κ3) is 1.16. The lowest BCUT2D eigenvalue weighted by Crippen LogP contribution is -2.08. The van der Waals surface area contributed by atoms with Gasteiger partial charge >= 0.3 is 5.97 Å². The Morgan fingerprint density at radius 3 is 2.69 bits per heavy atom. The Morgan fingerprint density at radius 2 is 2.31 bits per heavy atom. The number of hydrogen-bond acceptors (Lipinski definition) is 3. The van der Waals surface area contributed by atoms with E-state index in [2.05, 4.69) is 4.98 Å². The molecule has 5 heteroatoms. The topological polar surface area (TPSA) is 81.1 Å². The number of aromatic carboxylic acids is 1. The van der Waals surface area contributed by atoms with Gasteiger partial charge in [0.25, 0.3) is 0 Å². The first-order chi connectivity index (χ1) is 6.11. The van der Waals surface area contributed by atoms with Crippen LogP contribution in [0, 0.1) is 0 Å². The summed E-state index contributed by atoms with van der Waals surface area (Å²) in [7, 11) is 1.69. The molecule has 0 aromatic carbocycles. The average Bonchev–Trinajstić information content (AvgIpc) is 2.78. The number of rotatable bonds is 2. The zero-order valence-corrected chi connectivity index (χ0v) is 7.32. The standard InChI is InChI=1S/C8H11N3O2/c1-11-5(8(12)13)6(9)10-7(11)4-2-3-4/h4H,2-3,9H2,1H3,(H,12,13). The molecule has 13 heavy (non-hydrogen) atoms. The fourth-order valence-corrected chi connectivity index (χ4v) is 1.50. The SMILES string of the molecule is Cn1c(C2CC2)nc(N)c1C(=O)O. The van der Waals surface area contributed by atoms with E-state index in [0.29, 0.717) is 5.92 Å². The molecule has 1 aliphatic carbocycles. The van der Waals surface area contributed by atoms with E-state index in [9.17, 15) is 4.79 Å². The maximum Gasteiger partial charge on any atom is 0.356 e. The minimum atomic E-state index is -1.01. The molecule has 0 radical (unpaired) electrons. The quantitative estimate of drug-likeness (QED) is 0.699. The van der Waals surface area contributed by atoms with Gasteiger partial charge in [0.2, 0.25) is 0 Å². The number of nitrogens with zero attached hydrogens (tertiary/aromatic N) is 2. The Bertz CT molecular complexity index is 366. The Kier molecular flexibility index (Phi) is 1.55. The van der Waals surface area contributed by atoms with Gasteiger partial charge in [0.1, 0.15) is 5.82 Å². The van der Waals surface area contributed by atoms with Crippen molar-refractivity contribution in [2.45, 2.75) is 18.8 Å². The van der Waals surface area contributed by atoms with Gasteiger partial charge in [0.05, 0.1) is 0 Å². The summed E-state index contributed by atoms with van der Waals surface area (Å²) in [5.41, 5.74) is 5.59. The largest absolute Gasteiger partial charge is 0.476 e. The highest BCUT2D eigenvalue weighted by molar-refractivity contribution is 5.91. The van der Waals surface area contributed by atoms with Crippen molar-refractivity contribution in [3.63, 3.8) is 0 Å². The first-order valence-corrected chi connectivity index (χ1v) is 4.16. The predicted octanol–water partition coefficient (Wildman–Crippen LogP) is 0.578. The molecule has 1 heterocycles. The molecule has 0 aliphatic heterocycles. The van der Waals surface area contributed by atoms with Crippen molar-refractivity contribution in [2.75, 3.05) is 5.73 Å². The Labute approximate surface area is 75.2 Å². The predicted molar refractivity (Wildman–Crippen MR) is 46.6 cm³/mol. The van der Waals surface area contributed by atoms with Crippen LogP contribution in [0.5, 0.6) is 0 Å². The van der Waals surface area contributed by atoms with E-state index in [-0.39, 0.29) is 11.5 Å². The summed E-state index contributed by atoms with van der Waals surface area (Å²) in [5, 5.41) is 8.82. The molecular formula is C8H11N3O2. The molecule has 0 spiro atoms. The Hall–Kier alpha value is -1.52. The summed E-state index contributed by atoms with van der Waals surface area (Å²) in [6, 6.07) is 0. The molecule has 0 amide bonds. The fraction of sp³-hybridized carbons (Fsp3) is 0.500. The monoisotopic (exact) mass is 181 g/mol. The first-order valence-electron chi connectivity index (χ1n) is 4.16. The van der Waals surface area contributed by atoms with Crippen molar-refractivity contribution in [2.24, 2.45) is 7.05 Å².